The molecule has 3 aromatic carbocycles. The van der Waals surface area contributed by atoms with E-state index in [0.29, 0.717) is 6.54 Å². The van der Waals surface area contributed by atoms with Crippen LogP contribution in [-0.2, 0) is 13.1 Å². The Labute approximate surface area is 175 Å². The zero-order valence-corrected chi connectivity index (χ0v) is 16.7. The fraction of sp³-hybridized carbons (Fsp3) is 0.217. The van der Waals surface area contributed by atoms with Gasteiger partial charge in [-0.3, -0.25) is 19.9 Å². The number of rotatable bonds is 6. The molecule has 1 aliphatic heterocycles. The van der Waals surface area contributed by atoms with Crippen LogP contribution in [0.15, 0.2) is 78.9 Å². The molecule has 0 bridgehead atoms. The second-order valence-electron chi connectivity index (χ2n) is 7.25. The van der Waals surface area contributed by atoms with Gasteiger partial charge in [-0.2, -0.15) is 0 Å². The predicted molar refractivity (Wildman–Crippen MR) is 115 cm³/mol. The molecule has 0 aromatic heterocycles. The smallest absolute Gasteiger partial charge is 0.269 e. The van der Waals surface area contributed by atoms with E-state index in [9.17, 15) is 10.1 Å². The number of non-ortho nitro benzene ring substituents is 1. The number of halogens is 1. The number of hydrogen-bond acceptors (Lipinski definition) is 4. The van der Waals surface area contributed by atoms with Crippen LogP contribution in [0.1, 0.15) is 22.9 Å². The van der Waals surface area contributed by atoms with Crippen LogP contribution >= 0.6 is 11.6 Å². The summed E-state index contributed by atoms with van der Waals surface area (Å²) in [5.74, 6) is 0. The van der Waals surface area contributed by atoms with Crippen molar-refractivity contribution in [3.63, 3.8) is 0 Å². The predicted octanol–water partition coefficient (Wildman–Crippen LogP) is 5.26. The minimum Gasteiger partial charge on any atom is -0.278 e. The van der Waals surface area contributed by atoms with Gasteiger partial charge >= 0.3 is 0 Å². The summed E-state index contributed by atoms with van der Waals surface area (Å²) < 4.78 is 0. The van der Waals surface area contributed by atoms with Gasteiger partial charge in [0.2, 0.25) is 0 Å². The largest absolute Gasteiger partial charge is 0.278 e. The molecule has 1 saturated heterocycles. The molecule has 1 unspecified atom stereocenters. The molecule has 0 saturated carbocycles. The molecule has 1 fully saturated rings. The molecular weight excluding hydrogens is 386 g/mol. The molecule has 29 heavy (non-hydrogen) atoms. The third-order valence-corrected chi connectivity index (χ3v) is 5.66. The summed E-state index contributed by atoms with van der Waals surface area (Å²) in [7, 11) is 0. The molecule has 0 radical (unpaired) electrons. The van der Waals surface area contributed by atoms with Crippen molar-refractivity contribution in [3.8, 4) is 0 Å². The summed E-state index contributed by atoms with van der Waals surface area (Å²) in [5.41, 5.74) is 3.52. The molecule has 3 aromatic rings. The number of nitro benzene ring substituents is 1. The molecule has 1 atom stereocenters. The maximum absolute atomic E-state index is 10.9. The van der Waals surface area contributed by atoms with Gasteiger partial charge < -0.3 is 0 Å². The van der Waals surface area contributed by atoms with E-state index in [2.05, 4.69) is 40.1 Å². The van der Waals surface area contributed by atoms with Crippen molar-refractivity contribution < 1.29 is 4.92 Å². The van der Waals surface area contributed by atoms with Crippen LogP contribution < -0.4 is 0 Å². The monoisotopic (exact) mass is 407 g/mol. The van der Waals surface area contributed by atoms with Crippen LogP contribution in [0.5, 0.6) is 0 Å². The van der Waals surface area contributed by atoms with Gasteiger partial charge in [0.25, 0.3) is 5.69 Å². The summed E-state index contributed by atoms with van der Waals surface area (Å²) in [6, 6.07) is 25.2. The standard InChI is InChI=1S/C23H22ClN3O2/c24-22-9-5-4-8-21(22)23-25(16-18-6-2-1-3-7-18)14-15-26(23)17-19-10-12-20(13-11-19)27(28)29/h1-13,23H,14-17H2. The Morgan fingerprint density at radius 1 is 0.828 bits per heavy atom. The highest BCUT2D eigenvalue weighted by molar-refractivity contribution is 6.31. The van der Waals surface area contributed by atoms with Crippen molar-refractivity contribution in [1.82, 2.24) is 9.80 Å². The van der Waals surface area contributed by atoms with E-state index >= 15 is 0 Å². The number of nitrogens with zero attached hydrogens (tertiary/aromatic N) is 3. The third kappa shape index (κ3) is 4.48. The molecule has 148 valence electrons. The van der Waals surface area contributed by atoms with Crippen LogP contribution in [0.3, 0.4) is 0 Å². The van der Waals surface area contributed by atoms with Gasteiger partial charge in [0.1, 0.15) is 0 Å². The fourth-order valence-electron chi connectivity index (χ4n) is 3.92. The van der Waals surface area contributed by atoms with Crippen molar-refractivity contribution in [3.05, 3.63) is 111 Å². The molecule has 6 heteroatoms. The van der Waals surface area contributed by atoms with Gasteiger partial charge in [0.15, 0.2) is 0 Å². The molecule has 0 spiro atoms. The molecule has 0 N–H and O–H groups in total. The normalized spacial score (nSPS) is 17.5. The average Bonchev–Trinajstić information content (AvgIpc) is 3.11. The molecular formula is C23H22ClN3O2. The van der Waals surface area contributed by atoms with Crippen LogP contribution in [0, 0.1) is 10.1 Å². The second-order valence-corrected chi connectivity index (χ2v) is 7.65. The second kappa shape index (κ2) is 8.74. The van der Waals surface area contributed by atoms with E-state index in [4.69, 9.17) is 11.6 Å². The lowest BCUT2D eigenvalue weighted by Crippen LogP contribution is -2.30. The van der Waals surface area contributed by atoms with E-state index in [1.165, 1.54) is 5.56 Å². The molecule has 0 aliphatic carbocycles. The van der Waals surface area contributed by atoms with Gasteiger partial charge in [-0.15, -0.1) is 0 Å². The molecule has 1 heterocycles. The Hall–Kier alpha value is -2.73. The summed E-state index contributed by atoms with van der Waals surface area (Å²) in [6.45, 7) is 3.38. The SMILES string of the molecule is O=[N+]([O-])c1ccc(CN2CCN(Cc3ccccc3)C2c2ccccc2Cl)cc1. The summed E-state index contributed by atoms with van der Waals surface area (Å²) in [5, 5.41) is 11.7. The molecule has 4 rings (SSSR count). The first-order chi connectivity index (χ1) is 14.1. The lowest BCUT2D eigenvalue weighted by Gasteiger charge is -2.31. The molecule has 1 aliphatic rings. The van der Waals surface area contributed by atoms with Crippen molar-refractivity contribution in [2.24, 2.45) is 0 Å². The van der Waals surface area contributed by atoms with Crippen molar-refractivity contribution in [2.75, 3.05) is 13.1 Å². The van der Waals surface area contributed by atoms with E-state index < -0.39 is 0 Å². The topological polar surface area (TPSA) is 49.6 Å². The lowest BCUT2D eigenvalue weighted by atomic mass is 10.1. The maximum atomic E-state index is 10.9. The Bertz CT molecular complexity index is 979. The first-order valence-electron chi connectivity index (χ1n) is 9.61. The summed E-state index contributed by atoms with van der Waals surface area (Å²) in [6.07, 6.45) is 0.0547. The quantitative estimate of drug-likeness (QED) is 0.413. The van der Waals surface area contributed by atoms with Crippen LogP contribution in [0.2, 0.25) is 5.02 Å². The first kappa shape index (κ1) is 19.6. The van der Waals surface area contributed by atoms with Crippen molar-refractivity contribution in [1.29, 1.82) is 0 Å². The zero-order valence-electron chi connectivity index (χ0n) is 15.9. The average molecular weight is 408 g/mol. The van der Waals surface area contributed by atoms with Gasteiger partial charge in [-0.25, -0.2) is 0 Å². The highest BCUT2D eigenvalue weighted by atomic mass is 35.5. The summed E-state index contributed by atoms with van der Waals surface area (Å²) in [4.78, 5) is 15.4. The van der Waals surface area contributed by atoms with E-state index in [1.807, 2.05) is 36.4 Å². The Kier molecular flexibility index (Phi) is 5.90. The highest BCUT2D eigenvalue weighted by Crippen LogP contribution is 2.36. The van der Waals surface area contributed by atoms with Crippen molar-refractivity contribution >= 4 is 17.3 Å². The fourth-order valence-corrected chi connectivity index (χ4v) is 4.15. The molecule has 0 amide bonds. The van der Waals surface area contributed by atoms with Crippen molar-refractivity contribution in [2.45, 2.75) is 19.3 Å². The number of hydrogen-bond donors (Lipinski definition) is 0. The minimum absolute atomic E-state index is 0.0547. The molecule has 5 nitrogen and oxygen atoms in total. The van der Waals surface area contributed by atoms with Gasteiger partial charge in [-0.1, -0.05) is 72.3 Å². The van der Waals surface area contributed by atoms with Gasteiger partial charge in [0.05, 0.1) is 11.1 Å². The van der Waals surface area contributed by atoms with E-state index in [1.54, 1.807) is 12.1 Å². The number of nitro groups is 1. The van der Waals surface area contributed by atoms with Gasteiger partial charge in [0, 0.05) is 48.9 Å². The van der Waals surface area contributed by atoms with Crippen LogP contribution in [0.4, 0.5) is 5.69 Å². The zero-order chi connectivity index (χ0) is 20.2. The summed E-state index contributed by atoms with van der Waals surface area (Å²) >= 11 is 6.57. The Morgan fingerprint density at radius 3 is 1.97 bits per heavy atom. The lowest BCUT2D eigenvalue weighted by molar-refractivity contribution is -0.384. The minimum atomic E-state index is -0.367. The van der Waals surface area contributed by atoms with Gasteiger partial charge in [-0.05, 0) is 17.2 Å². The third-order valence-electron chi connectivity index (χ3n) is 5.31. The first-order valence-corrected chi connectivity index (χ1v) is 9.99. The number of benzene rings is 3. The Morgan fingerprint density at radius 2 is 1.38 bits per heavy atom. The Balaban J connectivity index is 1.60. The maximum Gasteiger partial charge on any atom is 0.269 e. The van der Waals surface area contributed by atoms with Crippen LogP contribution in [-0.4, -0.2) is 27.8 Å². The van der Waals surface area contributed by atoms with E-state index in [-0.39, 0.29) is 16.8 Å². The van der Waals surface area contributed by atoms with Crippen LogP contribution in [0.25, 0.3) is 0 Å². The van der Waals surface area contributed by atoms with E-state index in [0.717, 1.165) is 35.8 Å². The highest BCUT2D eigenvalue weighted by Gasteiger charge is 2.34.